The fourth-order valence-electron chi connectivity index (χ4n) is 2.95. The molecule has 2 aromatic carbocycles. The number of carbonyl (C=O) groups is 1. The number of rotatable bonds is 6. The highest BCUT2D eigenvalue weighted by atomic mass is 35.5. The smallest absolute Gasteiger partial charge is 0.226 e. The van der Waals surface area contributed by atoms with E-state index < -0.39 is 0 Å². The Morgan fingerprint density at radius 3 is 2.59 bits per heavy atom. The number of nitrogens with one attached hydrogen (secondary N) is 1. The van der Waals surface area contributed by atoms with E-state index in [2.05, 4.69) is 10.3 Å². The normalized spacial score (nSPS) is 11.9. The van der Waals surface area contributed by atoms with Crippen molar-refractivity contribution in [2.45, 2.75) is 12.5 Å². The summed E-state index contributed by atoms with van der Waals surface area (Å²) in [5.74, 6) is -0.455. The van der Waals surface area contributed by atoms with Crippen molar-refractivity contribution in [3.05, 3.63) is 98.4 Å². The van der Waals surface area contributed by atoms with Crippen molar-refractivity contribution < 1.29 is 9.18 Å². The summed E-state index contributed by atoms with van der Waals surface area (Å²) in [6.45, 7) is 0. The third-order valence-corrected chi connectivity index (χ3v) is 6.53. The number of amides is 1. The van der Waals surface area contributed by atoms with E-state index in [4.69, 9.17) is 11.6 Å². The molecule has 4 aromatic rings. The maximum atomic E-state index is 13.3. The van der Waals surface area contributed by atoms with Gasteiger partial charge in [-0.2, -0.15) is 0 Å². The number of hydrogen-bond donors (Lipinski definition) is 1. The van der Waals surface area contributed by atoms with Crippen LogP contribution in [0.5, 0.6) is 0 Å². The number of benzene rings is 2. The lowest BCUT2D eigenvalue weighted by atomic mass is 10.0. The van der Waals surface area contributed by atoms with Crippen molar-refractivity contribution in [2.24, 2.45) is 0 Å². The van der Waals surface area contributed by atoms with E-state index >= 15 is 0 Å². The Kier molecular flexibility index (Phi) is 6.04. The summed E-state index contributed by atoms with van der Waals surface area (Å²) < 4.78 is 13.3. The summed E-state index contributed by atoms with van der Waals surface area (Å²) in [5.41, 5.74) is 2.37. The summed E-state index contributed by atoms with van der Waals surface area (Å²) >= 11 is 9.24. The van der Waals surface area contributed by atoms with Crippen LogP contribution in [-0.4, -0.2) is 10.9 Å². The summed E-state index contributed by atoms with van der Waals surface area (Å²) in [5, 5.41) is 8.29. The van der Waals surface area contributed by atoms with Crippen molar-refractivity contribution in [2.75, 3.05) is 0 Å². The van der Waals surface area contributed by atoms with E-state index in [1.54, 1.807) is 23.5 Å². The zero-order chi connectivity index (χ0) is 20.2. The van der Waals surface area contributed by atoms with Gasteiger partial charge < -0.3 is 5.32 Å². The largest absolute Gasteiger partial charge is 0.344 e. The zero-order valence-electron chi connectivity index (χ0n) is 15.1. The molecule has 0 fully saturated rings. The molecule has 3 nitrogen and oxygen atoms in total. The van der Waals surface area contributed by atoms with Crippen molar-refractivity contribution in [3.8, 4) is 10.6 Å². The van der Waals surface area contributed by atoms with Gasteiger partial charge in [-0.3, -0.25) is 4.79 Å². The molecule has 7 heteroatoms. The molecule has 0 aliphatic rings. The van der Waals surface area contributed by atoms with Gasteiger partial charge in [0, 0.05) is 15.8 Å². The standard InChI is InChI=1S/C22H16ClFN2OS2/c23-18-5-2-1-4-17(18)22-25-16(13-29-22)12-20(27)26-21(19-6-3-11-28-19)14-7-9-15(24)10-8-14/h1-11,13,21H,12H2,(H,26,27). The molecule has 1 unspecified atom stereocenters. The molecule has 0 saturated heterocycles. The number of aromatic nitrogens is 1. The summed E-state index contributed by atoms with van der Waals surface area (Å²) in [7, 11) is 0. The lowest BCUT2D eigenvalue weighted by Crippen LogP contribution is -2.30. The number of nitrogens with zero attached hydrogens (tertiary/aromatic N) is 1. The Morgan fingerprint density at radius 2 is 1.86 bits per heavy atom. The molecule has 0 aliphatic carbocycles. The van der Waals surface area contributed by atoms with Gasteiger partial charge in [-0.25, -0.2) is 9.37 Å². The Morgan fingerprint density at radius 1 is 1.07 bits per heavy atom. The second-order valence-electron chi connectivity index (χ2n) is 6.37. The minimum atomic E-state index is -0.329. The molecule has 1 atom stereocenters. The SMILES string of the molecule is O=C(Cc1csc(-c2ccccc2Cl)n1)NC(c1ccc(F)cc1)c1cccs1. The van der Waals surface area contributed by atoms with E-state index in [1.807, 2.05) is 47.2 Å². The molecule has 146 valence electrons. The van der Waals surface area contributed by atoms with E-state index in [9.17, 15) is 9.18 Å². The highest BCUT2D eigenvalue weighted by Gasteiger charge is 2.19. The molecule has 0 radical (unpaired) electrons. The molecule has 2 heterocycles. The van der Waals surface area contributed by atoms with Crippen LogP contribution >= 0.6 is 34.3 Å². The van der Waals surface area contributed by atoms with Crippen molar-refractivity contribution in [1.29, 1.82) is 0 Å². The maximum absolute atomic E-state index is 13.3. The van der Waals surface area contributed by atoms with E-state index in [-0.39, 0.29) is 24.2 Å². The Balaban J connectivity index is 1.50. The van der Waals surface area contributed by atoms with Crippen LogP contribution in [0, 0.1) is 5.82 Å². The Hall–Kier alpha value is -2.54. The van der Waals surface area contributed by atoms with Crippen LogP contribution in [0.15, 0.2) is 71.4 Å². The average molecular weight is 443 g/mol. The van der Waals surface area contributed by atoms with Crippen molar-refractivity contribution in [1.82, 2.24) is 10.3 Å². The molecule has 29 heavy (non-hydrogen) atoms. The van der Waals surface area contributed by atoms with Crippen LogP contribution in [-0.2, 0) is 11.2 Å². The number of hydrogen-bond acceptors (Lipinski definition) is 4. The molecule has 0 saturated carbocycles. The first-order valence-corrected chi connectivity index (χ1v) is 11.0. The Bertz CT molecular complexity index is 1110. The highest BCUT2D eigenvalue weighted by Crippen LogP contribution is 2.30. The van der Waals surface area contributed by atoms with Crippen LogP contribution in [0.2, 0.25) is 5.02 Å². The third kappa shape index (κ3) is 4.72. The first-order chi connectivity index (χ1) is 14.1. The van der Waals surface area contributed by atoms with Crippen LogP contribution in [0.25, 0.3) is 10.6 Å². The number of carbonyl (C=O) groups excluding carboxylic acids is 1. The molecule has 0 bridgehead atoms. The molecular weight excluding hydrogens is 427 g/mol. The first kappa shape index (κ1) is 19.8. The van der Waals surface area contributed by atoms with Gasteiger partial charge in [0.1, 0.15) is 10.8 Å². The van der Waals surface area contributed by atoms with Crippen LogP contribution < -0.4 is 5.32 Å². The van der Waals surface area contributed by atoms with E-state index in [0.29, 0.717) is 10.7 Å². The molecular formula is C22H16ClFN2OS2. The molecule has 1 N–H and O–H groups in total. The molecule has 0 aliphatic heterocycles. The first-order valence-electron chi connectivity index (χ1n) is 8.87. The average Bonchev–Trinajstić information content (AvgIpc) is 3.40. The number of thiazole rings is 1. The summed E-state index contributed by atoms with van der Waals surface area (Å²) in [6.07, 6.45) is 0.157. The predicted octanol–water partition coefficient (Wildman–Crippen LogP) is 6.11. The van der Waals surface area contributed by atoms with Gasteiger partial charge in [0.05, 0.1) is 23.2 Å². The zero-order valence-corrected chi connectivity index (χ0v) is 17.5. The third-order valence-electron chi connectivity index (χ3n) is 4.33. The molecule has 0 spiro atoms. The number of halogens is 2. The van der Waals surface area contributed by atoms with Gasteiger partial charge in [-0.15, -0.1) is 22.7 Å². The quantitative estimate of drug-likeness (QED) is 0.391. The predicted molar refractivity (Wildman–Crippen MR) is 117 cm³/mol. The lowest BCUT2D eigenvalue weighted by Gasteiger charge is -2.18. The maximum Gasteiger partial charge on any atom is 0.226 e. The van der Waals surface area contributed by atoms with Gasteiger partial charge in [-0.1, -0.05) is 48.0 Å². The summed E-state index contributed by atoms with van der Waals surface area (Å²) in [4.78, 5) is 18.3. The summed E-state index contributed by atoms with van der Waals surface area (Å²) in [6, 6.07) is 17.2. The van der Waals surface area contributed by atoms with Crippen molar-refractivity contribution in [3.63, 3.8) is 0 Å². The fraction of sp³-hybridized carbons (Fsp3) is 0.0909. The fourth-order valence-corrected chi connectivity index (χ4v) is 4.89. The van der Waals surface area contributed by atoms with Gasteiger partial charge in [-0.05, 0) is 35.2 Å². The minimum absolute atomic E-state index is 0.149. The minimum Gasteiger partial charge on any atom is -0.344 e. The van der Waals surface area contributed by atoms with Crippen LogP contribution in [0.4, 0.5) is 4.39 Å². The monoisotopic (exact) mass is 442 g/mol. The van der Waals surface area contributed by atoms with E-state index in [1.165, 1.54) is 23.5 Å². The van der Waals surface area contributed by atoms with Crippen LogP contribution in [0.1, 0.15) is 22.2 Å². The van der Waals surface area contributed by atoms with E-state index in [0.717, 1.165) is 21.0 Å². The second-order valence-corrected chi connectivity index (χ2v) is 8.61. The second kappa shape index (κ2) is 8.86. The Labute approximate surface area is 180 Å². The lowest BCUT2D eigenvalue weighted by molar-refractivity contribution is -0.120. The molecule has 4 rings (SSSR count). The van der Waals surface area contributed by atoms with Gasteiger partial charge >= 0.3 is 0 Å². The number of thiophene rings is 1. The van der Waals surface area contributed by atoms with Crippen LogP contribution in [0.3, 0.4) is 0 Å². The molecule has 1 amide bonds. The highest BCUT2D eigenvalue weighted by molar-refractivity contribution is 7.13. The van der Waals surface area contributed by atoms with Gasteiger partial charge in [0.2, 0.25) is 5.91 Å². The molecule has 2 aromatic heterocycles. The topological polar surface area (TPSA) is 42.0 Å². The van der Waals surface area contributed by atoms with Gasteiger partial charge in [0.15, 0.2) is 0 Å². The van der Waals surface area contributed by atoms with Gasteiger partial charge in [0.25, 0.3) is 0 Å². The van der Waals surface area contributed by atoms with Crippen molar-refractivity contribution >= 4 is 40.2 Å².